The van der Waals surface area contributed by atoms with Crippen LogP contribution in [0.15, 0.2) is 53.4 Å². The second-order valence-electron chi connectivity index (χ2n) is 7.90. The Morgan fingerprint density at radius 3 is 2.23 bits per heavy atom. The maximum atomic E-state index is 12.9. The molecule has 2 aromatic carbocycles. The second kappa shape index (κ2) is 10.6. The second-order valence-corrected chi connectivity index (χ2v) is 9.52. The van der Waals surface area contributed by atoms with Crippen LogP contribution >= 0.6 is 0 Å². The van der Waals surface area contributed by atoms with E-state index >= 15 is 0 Å². The summed E-state index contributed by atoms with van der Waals surface area (Å²) in [6, 6.07) is 14.3. The summed E-state index contributed by atoms with van der Waals surface area (Å²) in [6.45, 7) is 4.56. The molecule has 0 aliphatic heterocycles. The van der Waals surface area contributed by atoms with Gasteiger partial charge in [0.2, 0.25) is 0 Å². The third-order valence-electron chi connectivity index (χ3n) is 5.94. The minimum atomic E-state index is -3.89. The topological polar surface area (TPSA) is 71.1 Å². The molecule has 3 rings (SSSR count). The van der Waals surface area contributed by atoms with Gasteiger partial charge in [0.15, 0.2) is 0 Å². The van der Waals surface area contributed by atoms with Crippen LogP contribution in [0.25, 0.3) is 0 Å². The van der Waals surface area contributed by atoms with Crippen LogP contribution in [-0.2, 0) is 23.8 Å². The molecule has 1 aliphatic carbocycles. The lowest BCUT2D eigenvalue weighted by Crippen LogP contribution is -2.40. The molecule has 6 nitrogen and oxygen atoms in total. The van der Waals surface area contributed by atoms with E-state index in [4.69, 9.17) is 18.4 Å². The monoisotopic (exact) mass is 448 g/mol. The Morgan fingerprint density at radius 2 is 1.65 bits per heavy atom. The van der Waals surface area contributed by atoms with Crippen LogP contribution in [0.1, 0.15) is 49.7 Å². The summed E-state index contributed by atoms with van der Waals surface area (Å²) in [4.78, 5) is 0.155. The molecule has 0 heterocycles. The lowest BCUT2D eigenvalue weighted by atomic mass is 9.81. The molecule has 1 aliphatic rings. The predicted octanol–water partition coefficient (Wildman–Crippen LogP) is 4.82. The Bertz CT molecular complexity index is 916. The van der Waals surface area contributed by atoms with Crippen molar-refractivity contribution in [2.75, 3.05) is 27.1 Å². The highest BCUT2D eigenvalue weighted by Gasteiger charge is 2.44. The summed E-state index contributed by atoms with van der Waals surface area (Å²) >= 11 is 0. The molecule has 1 atom stereocenters. The first-order chi connectivity index (χ1) is 14.9. The Labute approximate surface area is 185 Å². The molecule has 0 spiro atoms. The van der Waals surface area contributed by atoms with E-state index in [1.807, 2.05) is 38.1 Å². The Morgan fingerprint density at radius 1 is 1.00 bits per heavy atom. The quantitative estimate of drug-likeness (QED) is 0.279. The van der Waals surface area contributed by atoms with Gasteiger partial charge in [0.25, 0.3) is 10.1 Å². The van der Waals surface area contributed by atoms with Crippen molar-refractivity contribution in [2.45, 2.75) is 55.9 Å². The molecule has 0 radical (unpaired) electrons. The standard InChI is InChI=1S/C24H32O6S/c1-4-28-18-29-24(15-5-6-16-24)23(20-9-11-21(27-3)12-10-20)17-30-31(25,26)22-13-7-19(2)8-14-22/h7-14,23H,4-6,15-18H2,1-3H3/t23-/m1/s1. The predicted molar refractivity (Wildman–Crippen MR) is 119 cm³/mol. The molecule has 0 aromatic heterocycles. The van der Waals surface area contributed by atoms with Crippen molar-refractivity contribution in [2.24, 2.45) is 0 Å². The Balaban J connectivity index is 1.88. The Hall–Kier alpha value is -1.93. The fourth-order valence-corrected chi connectivity index (χ4v) is 5.05. The normalized spacial score (nSPS) is 16.9. The first-order valence-corrected chi connectivity index (χ1v) is 12.1. The number of methoxy groups -OCH3 is 1. The molecular formula is C24H32O6S. The van der Waals surface area contributed by atoms with Gasteiger partial charge < -0.3 is 14.2 Å². The van der Waals surface area contributed by atoms with E-state index in [0.717, 1.165) is 42.6 Å². The highest BCUT2D eigenvalue weighted by molar-refractivity contribution is 7.86. The van der Waals surface area contributed by atoms with Gasteiger partial charge in [-0.1, -0.05) is 42.7 Å². The number of hydrogen-bond donors (Lipinski definition) is 0. The molecule has 0 unspecified atom stereocenters. The zero-order valence-corrected chi connectivity index (χ0v) is 19.3. The first kappa shape index (κ1) is 23.7. The van der Waals surface area contributed by atoms with Crippen molar-refractivity contribution < 1.29 is 26.8 Å². The van der Waals surface area contributed by atoms with Gasteiger partial charge in [-0.25, -0.2) is 0 Å². The van der Waals surface area contributed by atoms with E-state index in [-0.39, 0.29) is 24.2 Å². The molecule has 7 heteroatoms. The molecule has 31 heavy (non-hydrogen) atoms. The van der Waals surface area contributed by atoms with Crippen LogP contribution in [-0.4, -0.2) is 41.1 Å². The summed E-state index contributed by atoms with van der Waals surface area (Å²) in [5.74, 6) is 0.480. The fourth-order valence-electron chi connectivity index (χ4n) is 4.13. The maximum absolute atomic E-state index is 12.9. The number of ether oxygens (including phenoxy) is 3. The maximum Gasteiger partial charge on any atom is 0.296 e. The number of rotatable bonds is 11. The average Bonchev–Trinajstić information content (AvgIpc) is 3.24. The summed E-state index contributed by atoms with van der Waals surface area (Å²) in [5.41, 5.74) is 1.41. The van der Waals surface area contributed by atoms with Crippen molar-refractivity contribution in [3.8, 4) is 5.75 Å². The van der Waals surface area contributed by atoms with E-state index in [9.17, 15) is 8.42 Å². The molecule has 1 fully saturated rings. The smallest absolute Gasteiger partial charge is 0.296 e. The molecule has 0 N–H and O–H groups in total. The van der Waals surface area contributed by atoms with Gasteiger partial charge in [-0.05, 0) is 56.5 Å². The lowest BCUT2D eigenvalue weighted by molar-refractivity contribution is -0.152. The van der Waals surface area contributed by atoms with E-state index in [2.05, 4.69) is 0 Å². The van der Waals surface area contributed by atoms with Gasteiger partial charge in [0, 0.05) is 12.5 Å². The Kier molecular flexibility index (Phi) is 8.11. The molecule has 0 bridgehead atoms. The van der Waals surface area contributed by atoms with Crippen molar-refractivity contribution in [3.05, 3.63) is 59.7 Å². The summed E-state index contributed by atoms with van der Waals surface area (Å²) in [6.07, 6.45) is 3.68. The zero-order valence-electron chi connectivity index (χ0n) is 18.5. The van der Waals surface area contributed by atoms with Crippen LogP contribution in [0.5, 0.6) is 5.75 Å². The zero-order chi connectivity index (χ0) is 22.3. The van der Waals surface area contributed by atoms with E-state index in [1.165, 1.54) is 0 Å². The van der Waals surface area contributed by atoms with Gasteiger partial charge in [0.1, 0.15) is 12.5 Å². The minimum absolute atomic E-state index is 0.00529. The minimum Gasteiger partial charge on any atom is -0.497 e. The van der Waals surface area contributed by atoms with Crippen LogP contribution in [0.3, 0.4) is 0 Å². The number of aryl methyl sites for hydroxylation is 1. The van der Waals surface area contributed by atoms with Gasteiger partial charge >= 0.3 is 0 Å². The van der Waals surface area contributed by atoms with Gasteiger partial charge in [-0.3, -0.25) is 4.18 Å². The molecule has 1 saturated carbocycles. The highest BCUT2D eigenvalue weighted by atomic mass is 32.2. The fraction of sp³-hybridized carbons (Fsp3) is 0.500. The summed E-state index contributed by atoms with van der Waals surface area (Å²) in [7, 11) is -2.27. The van der Waals surface area contributed by atoms with Crippen molar-refractivity contribution >= 4 is 10.1 Å². The first-order valence-electron chi connectivity index (χ1n) is 10.7. The summed E-state index contributed by atoms with van der Waals surface area (Å²) in [5, 5.41) is 0. The van der Waals surface area contributed by atoms with E-state index in [0.29, 0.717) is 6.61 Å². The van der Waals surface area contributed by atoms with Gasteiger partial charge in [-0.2, -0.15) is 8.42 Å². The molecular weight excluding hydrogens is 416 g/mol. The van der Waals surface area contributed by atoms with Gasteiger partial charge in [-0.15, -0.1) is 0 Å². The average molecular weight is 449 g/mol. The molecule has 0 saturated heterocycles. The lowest BCUT2D eigenvalue weighted by Gasteiger charge is -2.37. The molecule has 2 aromatic rings. The third-order valence-corrected chi connectivity index (χ3v) is 7.23. The van der Waals surface area contributed by atoms with Crippen LogP contribution < -0.4 is 4.74 Å². The van der Waals surface area contributed by atoms with E-state index < -0.39 is 15.7 Å². The van der Waals surface area contributed by atoms with Gasteiger partial charge in [0.05, 0.1) is 24.2 Å². The largest absolute Gasteiger partial charge is 0.497 e. The van der Waals surface area contributed by atoms with Crippen LogP contribution in [0.2, 0.25) is 0 Å². The number of benzene rings is 2. The highest BCUT2D eigenvalue weighted by Crippen LogP contribution is 2.45. The third kappa shape index (κ3) is 5.86. The number of hydrogen-bond acceptors (Lipinski definition) is 6. The van der Waals surface area contributed by atoms with Crippen LogP contribution in [0.4, 0.5) is 0 Å². The van der Waals surface area contributed by atoms with Crippen LogP contribution in [0, 0.1) is 6.92 Å². The molecule has 170 valence electrons. The van der Waals surface area contributed by atoms with Crippen molar-refractivity contribution in [3.63, 3.8) is 0 Å². The summed E-state index contributed by atoms with van der Waals surface area (Å²) < 4.78 is 48.3. The molecule has 0 amide bonds. The SMILES string of the molecule is CCOCOC1([C@H](COS(=O)(=O)c2ccc(C)cc2)c2ccc(OC)cc2)CCCC1. The van der Waals surface area contributed by atoms with E-state index in [1.54, 1.807) is 31.4 Å². The van der Waals surface area contributed by atoms with Crippen molar-refractivity contribution in [1.82, 2.24) is 0 Å². The van der Waals surface area contributed by atoms with Crippen molar-refractivity contribution in [1.29, 1.82) is 0 Å².